The quantitative estimate of drug-likeness (QED) is 0.366. The van der Waals surface area contributed by atoms with Gasteiger partial charge in [-0.1, -0.05) is 0 Å². The second kappa shape index (κ2) is 9.08. The molecule has 0 radical (unpaired) electrons. The van der Waals surface area contributed by atoms with Crippen LogP contribution in [0.4, 0.5) is 26.1 Å². The highest BCUT2D eigenvalue weighted by Gasteiger charge is 2.44. The largest absolute Gasteiger partial charge is 0.371 e. The number of piperidine rings is 2. The van der Waals surface area contributed by atoms with Gasteiger partial charge in [-0.2, -0.15) is 0 Å². The summed E-state index contributed by atoms with van der Waals surface area (Å²) in [5.74, 6) is -1.87. The molecule has 1 saturated carbocycles. The fourth-order valence-corrected chi connectivity index (χ4v) is 5.94. The molecule has 36 heavy (non-hydrogen) atoms. The summed E-state index contributed by atoms with van der Waals surface area (Å²) in [6.07, 6.45) is 7.99. The highest BCUT2D eigenvalue weighted by molar-refractivity contribution is 14.1. The normalized spacial score (nSPS) is 20.5. The van der Waals surface area contributed by atoms with Crippen LogP contribution >= 0.6 is 22.6 Å². The van der Waals surface area contributed by atoms with Crippen LogP contribution in [0, 0.1) is 8.99 Å². The van der Waals surface area contributed by atoms with Crippen LogP contribution in [0.2, 0.25) is 0 Å². The van der Waals surface area contributed by atoms with Crippen molar-refractivity contribution in [3.63, 3.8) is 0 Å². The van der Waals surface area contributed by atoms with Gasteiger partial charge in [-0.3, -0.25) is 9.78 Å². The molecular formula is C27H28F2IN5O. The molecule has 3 aromatic rings. The van der Waals surface area contributed by atoms with Gasteiger partial charge in [0, 0.05) is 60.4 Å². The Labute approximate surface area is 222 Å². The molecule has 2 aromatic heterocycles. The molecule has 1 aromatic carbocycles. The van der Waals surface area contributed by atoms with Gasteiger partial charge in [0.05, 0.1) is 11.3 Å². The van der Waals surface area contributed by atoms with Gasteiger partial charge >= 0.3 is 0 Å². The first kappa shape index (κ1) is 23.8. The zero-order valence-corrected chi connectivity index (χ0v) is 22.1. The van der Waals surface area contributed by atoms with Crippen molar-refractivity contribution in [2.45, 2.75) is 44.4 Å². The Bertz CT molecular complexity index is 1310. The number of fused-ring (bicyclic) bond motifs is 1. The number of alkyl halides is 2. The number of benzene rings is 1. The lowest BCUT2D eigenvalue weighted by Crippen LogP contribution is -2.40. The molecule has 3 aliphatic rings. The summed E-state index contributed by atoms with van der Waals surface area (Å²) in [5.41, 5.74) is 2.14. The van der Waals surface area contributed by atoms with Crippen LogP contribution in [0.25, 0.3) is 10.8 Å². The maximum absolute atomic E-state index is 13.8. The number of nitrogens with zero attached hydrogens (tertiary/aromatic N) is 4. The number of anilines is 3. The lowest BCUT2D eigenvalue weighted by atomic mass is 9.93. The Morgan fingerprint density at radius 3 is 2.39 bits per heavy atom. The van der Waals surface area contributed by atoms with Gasteiger partial charge in [-0.25, -0.2) is 13.8 Å². The fourth-order valence-electron chi connectivity index (χ4n) is 5.46. The first-order valence-corrected chi connectivity index (χ1v) is 13.6. The summed E-state index contributed by atoms with van der Waals surface area (Å²) in [4.78, 5) is 26.7. The maximum atomic E-state index is 13.8. The van der Waals surface area contributed by atoms with E-state index in [1.807, 2.05) is 29.2 Å². The predicted molar refractivity (Wildman–Crippen MR) is 146 cm³/mol. The van der Waals surface area contributed by atoms with E-state index < -0.39 is 5.92 Å². The molecule has 3 fully saturated rings. The molecule has 0 atom stereocenters. The van der Waals surface area contributed by atoms with Gasteiger partial charge in [0.25, 0.3) is 11.8 Å². The van der Waals surface area contributed by atoms with E-state index in [0.717, 1.165) is 33.1 Å². The van der Waals surface area contributed by atoms with E-state index in [4.69, 9.17) is 4.98 Å². The lowest BCUT2D eigenvalue weighted by Gasteiger charge is -2.35. The molecule has 0 unspecified atom stereocenters. The van der Waals surface area contributed by atoms with E-state index in [2.05, 4.69) is 43.9 Å². The Kier molecular flexibility index (Phi) is 6.00. The van der Waals surface area contributed by atoms with Crippen molar-refractivity contribution >= 4 is 56.6 Å². The second-order valence-corrected chi connectivity index (χ2v) is 11.6. The molecule has 0 bridgehead atoms. The van der Waals surface area contributed by atoms with Crippen LogP contribution in [-0.2, 0) is 0 Å². The predicted octanol–water partition coefficient (Wildman–Crippen LogP) is 6.10. The van der Waals surface area contributed by atoms with E-state index >= 15 is 0 Å². The molecule has 188 valence electrons. The number of amides is 1. The van der Waals surface area contributed by atoms with Crippen molar-refractivity contribution in [1.29, 1.82) is 0 Å². The average molecular weight is 603 g/mol. The SMILES string of the molecule is O=C(Nc1cc2ccncc2c(N2CCC(F)(F)CC2)n1)c1ccc(I)cc1N1CCC2(CC1)CC2. The number of nitrogens with one attached hydrogen (secondary N) is 1. The molecule has 9 heteroatoms. The summed E-state index contributed by atoms with van der Waals surface area (Å²) >= 11 is 2.29. The third-order valence-electron chi connectivity index (χ3n) is 7.98. The molecule has 6 nitrogen and oxygen atoms in total. The van der Waals surface area contributed by atoms with Gasteiger partial charge in [0.2, 0.25) is 0 Å². The van der Waals surface area contributed by atoms with Gasteiger partial charge in [0.15, 0.2) is 0 Å². The van der Waals surface area contributed by atoms with E-state index in [-0.39, 0.29) is 31.8 Å². The molecule has 1 spiro atoms. The molecule has 2 saturated heterocycles. The maximum Gasteiger partial charge on any atom is 0.258 e. The minimum Gasteiger partial charge on any atom is -0.371 e. The van der Waals surface area contributed by atoms with Gasteiger partial charge in [-0.15, -0.1) is 0 Å². The van der Waals surface area contributed by atoms with E-state index in [1.165, 1.54) is 25.7 Å². The Balaban J connectivity index is 1.29. The number of carbonyl (C=O) groups excluding carboxylic acids is 1. The lowest BCUT2D eigenvalue weighted by molar-refractivity contribution is -0.0221. The summed E-state index contributed by atoms with van der Waals surface area (Å²) < 4.78 is 28.7. The van der Waals surface area contributed by atoms with Crippen molar-refractivity contribution in [3.8, 4) is 0 Å². The van der Waals surface area contributed by atoms with Crippen molar-refractivity contribution in [1.82, 2.24) is 9.97 Å². The van der Waals surface area contributed by atoms with Gasteiger partial charge in [0.1, 0.15) is 11.6 Å². The summed E-state index contributed by atoms with van der Waals surface area (Å²) in [7, 11) is 0. The zero-order valence-electron chi connectivity index (χ0n) is 19.9. The van der Waals surface area contributed by atoms with Gasteiger partial charge < -0.3 is 15.1 Å². The topological polar surface area (TPSA) is 61.4 Å². The highest BCUT2D eigenvalue weighted by atomic mass is 127. The number of hydrogen-bond acceptors (Lipinski definition) is 5. The number of pyridine rings is 2. The van der Waals surface area contributed by atoms with Crippen LogP contribution in [0.5, 0.6) is 0 Å². The number of hydrogen-bond donors (Lipinski definition) is 1. The summed E-state index contributed by atoms with van der Waals surface area (Å²) in [6.45, 7) is 2.34. The minimum absolute atomic E-state index is 0.207. The third kappa shape index (κ3) is 4.73. The number of rotatable bonds is 4. The Morgan fingerprint density at radius 2 is 1.67 bits per heavy atom. The fraction of sp³-hybridized carbons (Fsp3) is 0.444. The molecule has 1 N–H and O–H groups in total. The first-order chi connectivity index (χ1) is 17.3. The number of halogens is 3. The molecule has 2 aliphatic heterocycles. The zero-order chi connectivity index (χ0) is 24.9. The standard InChI is InChI=1S/C27H28F2IN5O/c28-27(29)8-13-35(14-9-27)24-21-17-31-10-3-18(21)15-23(32-24)33-25(36)20-2-1-19(30)16-22(20)34-11-6-26(4-5-26)7-12-34/h1-3,10,15-17H,4-9,11-14H2,(H,32,33,36). The van der Waals surface area contributed by atoms with Crippen LogP contribution in [0.15, 0.2) is 42.7 Å². The summed E-state index contributed by atoms with van der Waals surface area (Å²) in [6, 6.07) is 9.59. The smallest absolute Gasteiger partial charge is 0.258 e. The Morgan fingerprint density at radius 1 is 0.944 bits per heavy atom. The van der Waals surface area contributed by atoms with Crippen LogP contribution < -0.4 is 15.1 Å². The third-order valence-corrected chi connectivity index (χ3v) is 8.65. The van der Waals surface area contributed by atoms with E-state index in [1.54, 1.807) is 12.4 Å². The van der Waals surface area contributed by atoms with Crippen LogP contribution in [0.3, 0.4) is 0 Å². The van der Waals surface area contributed by atoms with E-state index in [9.17, 15) is 13.6 Å². The molecule has 6 rings (SSSR count). The van der Waals surface area contributed by atoms with Crippen LogP contribution in [0.1, 0.15) is 48.9 Å². The van der Waals surface area contributed by atoms with Crippen LogP contribution in [-0.4, -0.2) is 48.0 Å². The van der Waals surface area contributed by atoms with Crippen molar-refractivity contribution in [2.75, 3.05) is 41.3 Å². The monoisotopic (exact) mass is 603 g/mol. The molecule has 1 amide bonds. The van der Waals surface area contributed by atoms with Crippen molar-refractivity contribution < 1.29 is 13.6 Å². The first-order valence-electron chi connectivity index (χ1n) is 12.5. The second-order valence-electron chi connectivity index (χ2n) is 10.4. The van der Waals surface area contributed by atoms with Crippen molar-refractivity contribution in [3.05, 3.63) is 51.9 Å². The molecular weight excluding hydrogens is 575 g/mol. The highest BCUT2D eigenvalue weighted by Crippen LogP contribution is 2.54. The Hall–Kier alpha value is -2.56. The molecule has 1 aliphatic carbocycles. The van der Waals surface area contributed by atoms with Crippen molar-refractivity contribution in [2.24, 2.45) is 5.41 Å². The van der Waals surface area contributed by atoms with Gasteiger partial charge in [-0.05, 0) is 89.4 Å². The van der Waals surface area contributed by atoms with E-state index in [0.29, 0.717) is 22.6 Å². The average Bonchev–Trinajstić information content (AvgIpc) is 3.62. The minimum atomic E-state index is -2.65. The molecule has 4 heterocycles. The number of carbonyl (C=O) groups is 1. The number of aromatic nitrogens is 2. The summed E-state index contributed by atoms with van der Waals surface area (Å²) in [5, 5.41) is 4.65.